The van der Waals surface area contributed by atoms with Crippen molar-refractivity contribution >= 4 is 34.1 Å². The van der Waals surface area contributed by atoms with Gasteiger partial charge in [0.05, 0.1) is 0 Å². The first-order valence-electron chi connectivity index (χ1n) is 6.40. The summed E-state index contributed by atoms with van der Waals surface area (Å²) in [7, 11) is 0. The van der Waals surface area contributed by atoms with Gasteiger partial charge in [-0.2, -0.15) is 4.37 Å². The molecule has 0 saturated heterocycles. The van der Waals surface area contributed by atoms with E-state index in [1.165, 1.54) is 27.9 Å². The lowest BCUT2D eigenvalue weighted by atomic mass is 10.0. The van der Waals surface area contributed by atoms with Crippen LogP contribution in [0.4, 0.5) is 0 Å². The highest BCUT2D eigenvalue weighted by Gasteiger charge is 2.11. The highest BCUT2D eigenvalue weighted by molar-refractivity contribution is 8.00. The Hall–Kier alpha value is -1.43. The molecule has 0 amide bonds. The zero-order valence-corrected chi connectivity index (χ0v) is 12.7. The van der Waals surface area contributed by atoms with Gasteiger partial charge in [0, 0.05) is 11.8 Å². The van der Waals surface area contributed by atoms with Crippen LogP contribution in [0.15, 0.2) is 46.8 Å². The first-order valence-corrected chi connectivity index (χ1v) is 8.16. The molecular weight excluding hydrogens is 286 g/mol. The van der Waals surface area contributed by atoms with E-state index in [1.807, 2.05) is 6.92 Å². The van der Waals surface area contributed by atoms with E-state index in [2.05, 4.69) is 51.8 Å². The molecular formula is C15H15N3S2. The van der Waals surface area contributed by atoms with Gasteiger partial charge in [0.15, 0.2) is 4.34 Å². The van der Waals surface area contributed by atoms with Crippen LogP contribution in [-0.2, 0) is 0 Å². The summed E-state index contributed by atoms with van der Waals surface area (Å²) < 4.78 is 5.17. The highest BCUT2D eigenvalue weighted by atomic mass is 32.2. The number of aryl methyl sites for hydroxylation is 1. The van der Waals surface area contributed by atoms with Gasteiger partial charge in [0.1, 0.15) is 5.82 Å². The Morgan fingerprint density at radius 2 is 2.00 bits per heavy atom. The quantitative estimate of drug-likeness (QED) is 0.745. The smallest absolute Gasteiger partial charge is 0.170 e. The molecule has 0 fully saturated rings. The maximum Gasteiger partial charge on any atom is 0.170 e. The molecule has 3 rings (SSSR count). The largest absolute Gasteiger partial charge is 0.323 e. The molecule has 20 heavy (non-hydrogen) atoms. The molecule has 0 radical (unpaired) electrons. The Bertz CT molecular complexity index is 718. The van der Waals surface area contributed by atoms with Crippen LogP contribution in [-0.4, -0.2) is 15.1 Å². The van der Waals surface area contributed by atoms with Crippen molar-refractivity contribution < 1.29 is 0 Å². The zero-order valence-electron chi connectivity index (χ0n) is 11.1. The van der Waals surface area contributed by atoms with Crippen molar-refractivity contribution in [2.45, 2.75) is 17.3 Å². The SMILES string of the molecule is Cc1nsc(SCC(N)c2cccc3ccccc23)n1. The third kappa shape index (κ3) is 2.85. The van der Waals surface area contributed by atoms with Crippen molar-refractivity contribution in [3.05, 3.63) is 53.9 Å². The van der Waals surface area contributed by atoms with Crippen molar-refractivity contribution in [3.63, 3.8) is 0 Å². The summed E-state index contributed by atoms with van der Waals surface area (Å²) in [5.41, 5.74) is 7.54. The summed E-state index contributed by atoms with van der Waals surface area (Å²) in [4.78, 5) is 4.35. The van der Waals surface area contributed by atoms with E-state index in [9.17, 15) is 0 Å². The molecule has 5 heteroatoms. The average Bonchev–Trinajstić information content (AvgIpc) is 2.90. The summed E-state index contributed by atoms with van der Waals surface area (Å²) >= 11 is 3.11. The van der Waals surface area contributed by atoms with E-state index in [4.69, 9.17) is 5.73 Å². The Labute approximate surface area is 126 Å². The van der Waals surface area contributed by atoms with E-state index in [0.717, 1.165) is 15.9 Å². The first kappa shape index (κ1) is 13.5. The molecule has 0 aliphatic carbocycles. The Morgan fingerprint density at radius 3 is 2.80 bits per heavy atom. The normalized spacial score (nSPS) is 12.7. The molecule has 1 unspecified atom stereocenters. The fraction of sp³-hybridized carbons (Fsp3) is 0.200. The van der Waals surface area contributed by atoms with Crippen LogP contribution in [0.3, 0.4) is 0 Å². The number of fused-ring (bicyclic) bond motifs is 1. The third-order valence-corrected chi connectivity index (χ3v) is 5.16. The predicted molar refractivity (Wildman–Crippen MR) is 86.2 cm³/mol. The average molecular weight is 301 g/mol. The van der Waals surface area contributed by atoms with E-state index in [0.29, 0.717) is 0 Å². The molecule has 3 nitrogen and oxygen atoms in total. The lowest BCUT2D eigenvalue weighted by Gasteiger charge is -2.13. The molecule has 102 valence electrons. The van der Waals surface area contributed by atoms with Gasteiger partial charge in [0.25, 0.3) is 0 Å². The van der Waals surface area contributed by atoms with Gasteiger partial charge in [-0.05, 0) is 34.8 Å². The van der Waals surface area contributed by atoms with Crippen LogP contribution in [0.25, 0.3) is 10.8 Å². The molecule has 1 heterocycles. The summed E-state index contributed by atoms with van der Waals surface area (Å²) in [6, 6.07) is 14.6. The summed E-state index contributed by atoms with van der Waals surface area (Å²) in [5.74, 6) is 1.64. The maximum atomic E-state index is 6.35. The number of aromatic nitrogens is 2. The Morgan fingerprint density at radius 1 is 1.20 bits per heavy atom. The minimum atomic E-state index is -0.00435. The molecule has 0 aliphatic rings. The van der Waals surface area contributed by atoms with E-state index < -0.39 is 0 Å². The zero-order chi connectivity index (χ0) is 13.9. The van der Waals surface area contributed by atoms with E-state index >= 15 is 0 Å². The molecule has 0 bridgehead atoms. The molecule has 2 aromatic carbocycles. The van der Waals surface area contributed by atoms with Gasteiger partial charge < -0.3 is 5.73 Å². The second kappa shape index (κ2) is 5.91. The molecule has 3 aromatic rings. The van der Waals surface area contributed by atoms with Crippen LogP contribution in [0, 0.1) is 6.92 Å². The second-order valence-electron chi connectivity index (χ2n) is 4.59. The Balaban J connectivity index is 1.80. The number of rotatable bonds is 4. The molecule has 2 N–H and O–H groups in total. The van der Waals surface area contributed by atoms with Crippen molar-refractivity contribution in [2.75, 3.05) is 5.75 Å². The molecule has 1 aromatic heterocycles. The van der Waals surface area contributed by atoms with E-state index in [1.54, 1.807) is 11.8 Å². The van der Waals surface area contributed by atoms with Crippen LogP contribution < -0.4 is 5.73 Å². The molecule has 0 saturated carbocycles. The lowest BCUT2D eigenvalue weighted by molar-refractivity contribution is 0.839. The monoisotopic (exact) mass is 301 g/mol. The van der Waals surface area contributed by atoms with E-state index in [-0.39, 0.29) is 6.04 Å². The minimum Gasteiger partial charge on any atom is -0.323 e. The number of hydrogen-bond donors (Lipinski definition) is 1. The van der Waals surface area contributed by atoms with Gasteiger partial charge in [-0.25, -0.2) is 4.98 Å². The van der Waals surface area contributed by atoms with Gasteiger partial charge in [0.2, 0.25) is 0 Å². The standard InChI is InChI=1S/C15H15N3S2/c1-10-17-15(20-18-10)19-9-14(16)13-8-4-6-11-5-2-3-7-12(11)13/h2-8,14H,9,16H2,1H3. The predicted octanol–water partition coefficient (Wildman–Crippen LogP) is 3.79. The van der Waals surface area contributed by atoms with Gasteiger partial charge in [-0.1, -0.05) is 54.2 Å². The Kier molecular flexibility index (Phi) is 4.00. The maximum absolute atomic E-state index is 6.35. The van der Waals surface area contributed by atoms with Crippen LogP contribution in [0.1, 0.15) is 17.4 Å². The van der Waals surface area contributed by atoms with Gasteiger partial charge in [-0.3, -0.25) is 0 Å². The fourth-order valence-corrected chi connectivity index (χ4v) is 3.81. The van der Waals surface area contributed by atoms with Gasteiger partial charge >= 0.3 is 0 Å². The second-order valence-corrected chi connectivity index (χ2v) is 6.61. The van der Waals surface area contributed by atoms with Crippen molar-refractivity contribution in [3.8, 4) is 0 Å². The van der Waals surface area contributed by atoms with Gasteiger partial charge in [-0.15, -0.1) is 0 Å². The number of hydrogen-bond acceptors (Lipinski definition) is 5. The third-order valence-electron chi connectivity index (χ3n) is 3.12. The molecule has 0 spiro atoms. The van der Waals surface area contributed by atoms with Crippen LogP contribution in [0.2, 0.25) is 0 Å². The summed E-state index contributed by atoms with van der Waals surface area (Å²) in [6.45, 7) is 1.91. The fourth-order valence-electron chi connectivity index (χ4n) is 2.16. The minimum absolute atomic E-state index is 0.00435. The number of nitrogens with zero attached hydrogens (tertiary/aromatic N) is 2. The highest BCUT2D eigenvalue weighted by Crippen LogP contribution is 2.28. The first-order chi connectivity index (χ1) is 9.74. The van der Waals surface area contributed by atoms with Crippen molar-refractivity contribution in [1.29, 1.82) is 0 Å². The molecule has 1 atom stereocenters. The number of benzene rings is 2. The summed E-state index contributed by atoms with van der Waals surface area (Å²) in [6.07, 6.45) is 0. The lowest BCUT2D eigenvalue weighted by Crippen LogP contribution is -2.13. The van der Waals surface area contributed by atoms with Crippen molar-refractivity contribution in [2.24, 2.45) is 5.73 Å². The number of nitrogens with two attached hydrogens (primary N) is 1. The van der Waals surface area contributed by atoms with Crippen LogP contribution in [0.5, 0.6) is 0 Å². The van der Waals surface area contributed by atoms with Crippen molar-refractivity contribution in [1.82, 2.24) is 9.36 Å². The number of thioether (sulfide) groups is 1. The summed E-state index contributed by atoms with van der Waals surface area (Å²) in [5, 5.41) is 2.47. The topological polar surface area (TPSA) is 51.8 Å². The van der Waals surface area contributed by atoms with Crippen LogP contribution >= 0.6 is 23.3 Å². The molecule has 0 aliphatic heterocycles.